The maximum absolute atomic E-state index is 14.0. The largest absolute Gasteiger partial charge is 0.354 e. The molecule has 0 heterocycles. The Labute approximate surface area is 240 Å². The van der Waals surface area contributed by atoms with Gasteiger partial charge in [0.1, 0.15) is 12.6 Å². The van der Waals surface area contributed by atoms with E-state index < -0.39 is 28.5 Å². The van der Waals surface area contributed by atoms with Gasteiger partial charge in [-0.2, -0.15) is 0 Å². The molecule has 1 N–H and O–H groups in total. The number of hydrogen-bond acceptors (Lipinski definition) is 4. The van der Waals surface area contributed by atoms with Gasteiger partial charge in [-0.15, -0.1) is 0 Å². The zero-order valence-electron chi connectivity index (χ0n) is 22.2. The lowest BCUT2D eigenvalue weighted by Crippen LogP contribution is -2.52. The van der Waals surface area contributed by atoms with Crippen molar-refractivity contribution in [3.8, 4) is 0 Å². The van der Waals surface area contributed by atoms with Gasteiger partial charge in [-0.1, -0.05) is 72.9 Å². The van der Waals surface area contributed by atoms with Gasteiger partial charge >= 0.3 is 0 Å². The molecule has 0 saturated heterocycles. The number of aryl methyl sites for hydroxylation is 1. The molecule has 0 aliphatic carbocycles. The molecule has 0 saturated carbocycles. The van der Waals surface area contributed by atoms with Crippen molar-refractivity contribution in [1.29, 1.82) is 0 Å². The third-order valence-corrected chi connectivity index (χ3v) is 8.64. The number of hydrogen-bond donors (Lipinski definition) is 1. The van der Waals surface area contributed by atoms with Gasteiger partial charge in [0.2, 0.25) is 11.8 Å². The molecular weight excluding hydrogens is 557 g/mol. The topological polar surface area (TPSA) is 86.8 Å². The number of sulfonamides is 1. The van der Waals surface area contributed by atoms with Crippen LogP contribution in [0.5, 0.6) is 0 Å². The van der Waals surface area contributed by atoms with Crippen molar-refractivity contribution >= 4 is 50.7 Å². The van der Waals surface area contributed by atoms with E-state index in [0.29, 0.717) is 34.3 Å². The van der Waals surface area contributed by atoms with E-state index in [4.69, 9.17) is 23.2 Å². The number of rotatable bonds is 12. The average Bonchev–Trinajstić information content (AvgIpc) is 2.92. The Hall–Kier alpha value is -3.07. The van der Waals surface area contributed by atoms with E-state index in [2.05, 4.69) is 5.32 Å². The molecule has 0 aliphatic heterocycles. The number of amides is 2. The monoisotopic (exact) mass is 589 g/mol. The van der Waals surface area contributed by atoms with Gasteiger partial charge in [-0.05, 0) is 67.8 Å². The second kappa shape index (κ2) is 13.8. The molecule has 39 heavy (non-hydrogen) atoms. The van der Waals surface area contributed by atoms with Crippen LogP contribution in [0.1, 0.15) is 37.8 Å². The SMILES string of the molecule is CCCNC(=O)[C@@H](CC)N(Cc1ccccc1Cl)C(=O)CN(c1ccc(C)cc1)S(=O)(=O)c1ccc(Cl)cc1. The smallest absolute Gasteiger partial charge is 0.264 e. The number of anilines is 1. The first-order valence-corrected chi connectivity index (χ1v) is 14.9. The number of halogens is 2. The van der Waals surface area contributed by atoms with Crippen LogP contribution in [0.3, 0.4) is 0 Å². The van der Waals surface area contributed by atoms with E-state index in [0.717, 1.165) is 16.3 Å². The summed E-state index contributed by atoms with van der Waals surface area (Å²) in [5.74, 6) is -0.839. The Morgan fingerprint density at radius 1 is 0.923 bits per heavy atom. The van der Waals surface area contributed by atoms with Crippen LogP contribution in [0.2, 0.25) is 10.0 Å². The Morgan fingerprint density at radius 3 is 2.15 bits per heavy atom. The molecule has 7 nitrogen and oxygen atoms in total. The van der Waals surface area contributed by atoms with Crippen LogP contribution in [0.15, 0.2) is 77.7 Å². The summed E-state index contributed by atoms with van der Waals surface area (Å²) in [4.78, 5) is 28.5. The molecule has 208 valence electrons. The second-order valence-electron chi connectivity index (χ2n) is 9.13. The lowest BCUT2D eigenvalue weighted by molar-refractivity contribution is -0.140. The average molecular weight is 591 g/mol. The molecule has 0 unspecified atom stereocenters. The normalized spacial score (nSPS) is 12.0. The van der Waals surface area contributed by atoms with Crippen LogP contribution in [0.25, 0.3) is 0 Å². The molecule has 3 aromatic rings. The van der Waals surface area contributed by atoms with E-state index in [1.165, 1.54) is 29.2 Å². The first kappa shape index (κ1) is 30.5. The predicted molar refractivity (Wildman–Crippen MR) is 157 cm³/mol. The van der Waals surface area contributed by atoms with Crippen molar-refractivity contribution in [3.05, 3.63) is 94.0 Å². The molecule has 0 radical (unpaired) electrons. The van der Waals surface area contributed by atoms with Crippen molar-refractivity contribution in [2.45, 2.75) is 51.1 Å². The minimum Gasteiger partial charge on any atom is -0.354 e. The van der Waals surface area contributed by atoms with Gasteiger partial charge in [0, 0.05) is 23.1 Å². The van der Waals surface area contributed by atoms with Crippen LogP contribution in [-0.2, 0) is 26.2 Å². The number of nitrogens with zero attached hydrogens (tertiary/aromatic N) is 2. The molecule has 2 amide bonds. The minimum absolute atomic E-state index is 0.00865. The lowest BCUT2D eigenvalue weighted by atomic mass is 10.1. The quantitative estimate of drug-likeness (QED) is 0.288. The summed E-state index contributed by atoms with van der Waals surface area (Å²) < 4.78 is 28.7. The van der Waals surface area contributed by atoms with Crippen LogP contribution < -0.4 is 9.62 Å². The minimum atomic E-state index is -4.16. The van der Waals surface area contributed by atoms with E-state index in [1.54, 1.807) is 48.5 Å². The highest BCUT2D eigenvalue weighted by Gasteiger charge is 2.33. The molecule has 0 spiro atoms. The zero-order valence-corrected chi connectivity index (χ0v) is 24.6. The Bertz CT molecular complexity index is 1380. The molecule has 3 rings (SSSR count). The number of nitrogens with one attached hydrogen (secondary N) is 1. The number of carbonyl (C=O) groups is 2. The van der Waals surface area contributed by atoms with Gasteiger partial charge in [0.15, 0.2) is 0 Å². The maximum Gasteiger partial charge on any atom is 0.264 e. The van der Waals surface area contributed by atoms with E-state index >= 15 is 0 Å². The Morgan fingerprint density at radius 2 is 1.56 bits per heavy atom. The summed E-state index contributed by atoms with van der Waals surface area (Å²) in [5, 5.41) is 3.70. The highest BCUT2D eigenvalue weighted by molar-refractivity contribution is 7.92. The number of carbonyl (C=O) groups excluding carboxylic acids is 2. The Kier molecular flexibility index (Phi) is 10.8. The molecular formula is C29H33Cl2N3O4S. The number of benzene rings is 3. The van der Waals surface area contributed by atoms with Gasteiger partial charge < -0.3 is 10.2 Å². The van der Waals surface area contributed by atoms with Gasteiger partial charge in [-0.25, -0.2) is 8.42 Å². The predicted octanol–water partition coefficient (Wildman–Crippen LogP) is 5.83. The summed E-state index contributed by atoms with van der Waals surface area (Å²) in [6.45, 7) is 5.62. The molecule has 1 atom stereocenters. The standard InChI is InChI=1S/C29H33Cl2N3O4S/c1-4-18-32-29(36)27(5-2)33(19-22-8-6-7-9-26(22)31)28(35)20-34(24-14-10-21(3)11-15-24)39(37,38)25-16-12-23(30)13-17-25/h6-17,27H,4-5,18-20H2,1-3H3,(H,32,36)/t27-/m1/s1. The molecule has 0 aromatic heterocycles. The van der Waals surface area contributed by atoms with Gasteiger partial charge in [0.05, 0.1) is 10.6 Å². The van der Waals surface area contributed by atoms with Crippen molar-refractivity contribution in [2.75, 3.05) is 17.4 Å². The first-order valence-electron chi connectivity index (χ1n) is 12.7. The third kappa shape index (κ3) is 7.75. The fourth-order valence-corrected chi connectivity index (χ4v) is 5.80. The van der Waals surface area contributed by atoms with Crippen molar-refractivity contribution in [2.24, 2.45) is 0 Å². The van der Waals surface area contributed by atoms with Crippen LogP contribution in [0.4, 0.5) is 5.69 Å². The van der Waals surface area contributed by atoms with Crippen molar-refractivity contribution < 1.29 is 18.0 Å². The van der Waals surface area contributed by atoms with Crippen molar-refractivity contribution in [1.82, 2.24) is 10.2 Å². The summed E-state index contributed by atoms with van der Waals surface area (Å²) in [5.41, 5.74) is 1.91. The van der Waals surface area contributed by atoms with E-state index in [9.17, 15) is 18.0 Å². The molecule has 0 bridgehead atoms. The molecule has 3 aromatic carbocycles. The van der Waals surface area contributed by atoms with Gasteiger partial charge in [-0.3, -0.25) is 13.9 Å². The lowest BCUT2D eigenvalue weighted by Gasteiger charge is -2.33. The Balaban J connectivity index is 2.05. The fraction of sp³-hybridized carbons (Fsp3) is 0.310. The third-order valence-electron chi connectivity index (χ3n) is 6.24. The van der Waals surface area contributed by atoms with Crippen LogP contribution >= 0.6 is 23.2 Å². The first-order chi connectivity index (χ1) is 18.6. The summed E-state index contributed by atoms with van der Waals surface area (Å²) >= 11 is 12.4. The maximum atomic E-state index is 14.0. The molecule has 10 heteroatoms. The van der Waals surface area contributed by atoms with E-state index in [-0.39, 0.29) is 17.3 Å². The summed E-state index contributed by atoms with van der Waals surface area (Å²) in [6, 6.07) is 18.9. The summed E-state index contributed by atoms with van der Waals surface area (Å²) in [6.07, 6.45) is 1.07. The molecule has 0 fully saturated rings. The summed E-state index contributed by atoms with van der Waals surface area (Å²) in [7, 11) is -4.16. The highest BCUT2D eigenvalue weighted by atomic mass is 35.5. The fourth-order valence-electron chi connectivity index (χ4n) is 4.07. The van der Waals surface area contributed by atoms with Gasteiger partial charge in [0.25, 0.3) is 10.0 Å². The van der Waals surface area contributed by atoms with Crippen LogP contribution in [0, 0.1) is 6.92 Å². The highest BCUT2D eigenvalue weighted by Crippen LogP contribution is 2.27. The molecule has 0 aliphatic rings. The van der Waals surface area contributed by atoms with E-state index in [1.807, 2.05) is 20.8 Å². The second-order valence-corrected chi connectivity index (χ2v) is 11.8. The zero-order chi connectivity index (χ0) is 28.6. The van der Waals surface area contributed by atoms with Crippen LogP contribution in [-0.4, -0.2) is 44.3 Å². The van der Waals surface area contributed by atoms with Crippen molar-refractivity contribution in [3.63, 3.8) is 0 Å².